The number of anilines is 1. The molecular weight excluding hydrogens is 370 g/mol. The fourth-order valence-electron chi connectivity index (χ4n) is 3.26. The van der Waals surface area contributed by atoms with Crippen molar-refractivity contribution in [3.8, 4) is 5.75 Å². The number of ether oxygens (including phenoxy) is 2. The molecule has 0 bridgehead atoms. The summed E-state index contributed by atoms with van der Waals surface area (Å²) in [6.07, 6.45) is 0. The predicted molar refractivity (Wildman–Crippen MR) is 111 cm³/mol. The summed E-state index contributed by atoms with van der Waals surface area (Å²) in [7, 11) is 1.51. The number of hydrogen-bond donors (Lipinski definition) is 1. The van der Waals surface area contributed by atoms with Gasteiger partial charge < -0.3 is 19.2 Å². The van der Waals surface area contributed by atoms with Crippen LogP contribution >= 0.6 is 0 Å². The Morgan fingerprint density at radius 3 is 2.41 bits per heavy atom. The van der Waals surface area contributed by atoms with Gasteiger partial charge in [-0.05, 0) is 42.0 Å². The van der Waals surface area contributed by atoms with Crippen LogP contribution in [0.5, 0.6) is 5.75 Å². The van der Waals surface area contributed by atoms with Gasteiger partial charge in [0, 0.05) is 5.39 Å². The molecule has 0 fully saturated rings. The van der Waals surface area contributed by atoms with Gasteiger partial charge in [0.25, 0.3) is 5.91 Å². The van der Waals surface area contributed by atoms with Gasteiger partial charge in [-0.15, -0.1) is 0 Å². The fraction of sp³-hybridized carbons (Fsp3) is 0.130. The van der Waals surface area contributed by atoms with Gasteiger partial charge in [0.2, 0.25) is 5.76 Å². The number of nitrogens with one attached hydrogen (secondary N) is 1. The van der Waals surface area contributed by atoms with Crippen LogP contribution in [-0.2, 0) is 4.74 Å². The molecule has 1 heterocycles. The monoisotopic (exact) mass is 389 g/mol. The molecule has 29 heavy (non-hydrogen) atoms. The van der Waals surface area contributed by atoms with E-state index in [1.165, 1.54) is 7.11 Å². The molecule has 146 valence electrons. The number of hydrogen-bond acceptors (Lipinski definition) is 5. The first-order chi connectivity index (χ1) is 14.1. The number of benzene rings is 3. The average molecular weight is 389 g/mol. The Balaban J connectivity index is 1.79. The third-order valence-corrected chi connectivity index (χ3v) is 4.61. The number of carbonyl (C=O) groups is 2. The Kier molecular flexibility index (Phi) is 4.91. The molecule has 0 saturated carbocycles. The number of furan rings is 1. The maximum atomic E-state index is 13.1. The maximum absolute atomic E-state index is 13.1. The second-order valence-corrected chi connectivity index (χ2v) is 6.38. The summed E-state index contributed by atoms with van der Waals surface area (Å²) >= 11 is 0. The Morgan fingerprint density at radius 1 is 1.00 bits per heavy atom. The Hall–Kier alpha value is -3.80. The smallest absolute Gasteiger partial charge is 0.376 e. The molecule has 4 rings (SSSR count). The van der Waals surface area contributed by atoms with Crippen LogP contribution in [0.3, 0.4) is 0 Å². The normalized spacial score (nSPS) is 10.8. The molecular formula is C23H19NO5. The Bertz CT molecular complexity index is 1220. The fourth-order valence-corrected chi connectivity index (χ4v) is 3.26. The van der Waals surface area contributed by atoms with Crippen molar-refractivity contribution in [3.63, 3.8) is 0 Å². The lowest BCUT2D eigenvalue weighted by Gasteiger charge is -2.11. The van der Waals surface area contributed by atoms with E-state index < -0.39 is 11.9 Å². The molecule has 0 aliphatic carbocycles. The Labute approximate surface area is 167 Å². The molecule has 6 nitrogen and oxygen atoms in total. The second kappa shape index (κ2) is 7.67. The van der Waals surface area contributed by atoms with Gasteiger partial charge in [0.15, 0.2) is 0 Å². The highest BCUT2D eigenvalue weighted by Gasteiger charge is 2.24. The number of amides is 1. The van der Waals surface area contributed by atoms with Gasteiger partial charge in [0.1, 0.15) is 17.0 Å². The molecule has 3 aromatic carbocycles. The zero-order chi connectivity index (χ0) is 20.4. The number of methoxy groups -OCH3 is 1. The van der Waals surface area contributed by atoms with E-state index in [4.69, 9.17) is 13.9 Å². The highest BCUT2D eigenvalue weighted by Crippen LogP contribution is 2.33. The van der Waals surface area contributed by atoms with Gasteiger partial charge in [-0.3, -0.25) is 4.79 Å². The lowest BCUT2D eigenvalue weighted by atomic mass is 10.0. The third-order valence-electron chi connectivity index (χ3n) is 4.61. The summed E-state index contributed by atoms with van der Waals surface area (Å²) in [5.74, 6) is -0.651. The number of rotatable bonds is 5. The van der Waals surface area contributed by atoms with E-state index in [2.05, 4.69) is 5.32 Å². The van der Waals surface area contributed by atoms with Crippen LogP contribution in [0, 0.1) is 0 Å². The molecule has 6 heteroatoms. The quantitative estimate of drug-likeness (QED) is 0.485. The van der Waals surface area contributed by atoms with Crippen LogP contribution < -0.4 is 10.1 Å². The maximum Gasteiger partial charge on any atom is 0.376 e. The summed E-state index contributed by atoms with van der Waals surface area (Å²) < 4.78 is 16.2. The largest absolute Gasteiger partial charge is 0.496 e. The van der Waals surface area contributed by atoms with Crippen molar-refractivity contribution in [2.45, 2.75) is 6.92 Å². The summed E-state index contributed by atoms with van der Waals surface area (Å²) in [5, 5.41) is 5.29. The van der Waals surface area contributed by atoms with Crippen LogP contribution in [0.2, 0.25) is 0 Å². The van der Waals surface area contributed by atoms with Gasteiger partial charge >= 0.3 is 5.97 Å². The number of fused-ring (bicyclic) bond motifs is 2. The summed E-state index contributed by atoms with van der Waals surface area (Å²) in [6.45, 7) is 1.90. The van der Waals surface area contributed by atoms with Crippen LogP contribution in [0.1, 0.15) is 27.8 Å². The molecule has 1 amide bonds. The molecule has 1 N–H and O–H groups in total. The number of esters is 1. The van der Waals surface area contributed by atoms with E-state index in [9.17, 15) is 9.59 Å². The van der Waals surface area contributed by atoms with E-state index in [0.717, 1.165) is 10.8 Å². The van der Waals surface area contributed by atoms with Gasteiger partial charge in [-0.25, -0.2) is 4.79 Å². The summed E-state index contributed by atoms with van der Waals surface area (Å²) in [6, 6.07) is 18.4. The van der Waals surface area contributed by atoms with Crippen molar-refractivity contribution in [2.75, 3.05) is 19.0 Å². The summed E-state index contributed by atoms with van der Waals surface area (Å²) in [5.41, 5.74) is 1.11. The van der Waals surface area contributed by atoms with E-state index in [-0.39, 0.29) is 18.1 Å². The Morgan fingerprint density at radius 2 is 1.69 bits per heavy atom. The third kappa shape index (κ3) is 3.40. The standard InChI is InChI=1S/C23H19NO5/c1-3-28-23(26)21-20(16-10-6-7-11-18(16)29-21)24-22(25)17-12-14-8-4-5-9-15(14)13-19(17)27-2/h4-13H,3H2,1-2H3,(H,24,25). The molecule has 4 aromatic rings. The highest BCUT2D eigenvalue weighted by molar-refractivity contribution is 6.15. The van der Waals surface area contributed by atoms with Crippen molar-refractivity contribution in [2.24, 2.45) is 0 Å². The van der Waals surface area contributed by atoms with Gasteiger partial charge in [-0.2, -0.15) is 0 Å². The number of carbonyl (C=O) groups excluding carboxylic acids is 2. The first-order valence-corrected chi connectivity index (χ1v) is 9.19. The van der Waals surface area contributed by atoms with Crippen molar-refractivity contribution >= 4 is 39.3 Å². The van der Waals surface area contributed by atoms with Crippen LogP contribution in [0.4, 0.5) is 5.69 Å². The lowest BCUT2D eigenvalue weighted by Crippen LogP contribution is -2.16. The molecule has 0 unspecified atom stereocenters. The van der Waals surface area contributed by atoms with E-state index >= 15 is 0 Å². The molecule has 0 aliphatic heterocycles. The zero-order valence-electron chi connectivity index (χ0n) is 16.0. The topological polar surface area (TPSA) is 77.8 Å². The lowest BCUT2D eigenvalue weighted by molar-refractivity contribution is 0.0494. The predicted octanol–water partition coefficient (Wildman–Crippen LogP) is 5.02. The molecule has 0 radical (unpaired) electrons. The van der Waals surface area contributed by atoms with Crippen molar-refractivity contribution < 1.29 is 23.5 Å². The van der Waals surface area contributed by atoms with E-state index in [1.54, 1.807) is 37.3 Å². The summed E-state index contributed by atoms with van der Waals surface area (Å²) in [4.78, 5) is 25.5. The van der Waals surface area contributed by atoms with Crippen molar-refractivity contribution in [3.05, 3.63) is 72.0 Å². The van der Waals surface area contributed by atoms with E-state index in [0.29, 0.717) is 22.3 Å². The first-order valence-electron chi connectivity index (χ1n) is 9.19. The minimum absolute atomic E-state index is 0.0406. The second-order valence-electron chi connectivity index (χ2n) is 6.38. The average Bonchev–Trinajstić information content (AvgIpc) is 3.11. The molecule has 0 atom stereocenters. The first kappa shape index (κ1) is 18.6. The van der Waals surface area contributed by atoms with Crippen molar-refractivity contribution in [1.29, 1.82) is 0 Å². The number of para-hydroxylation sites is 1. The van der Waals surface area contributed by atoms with Crippen molar-refractivity contribution in [1.82, 2.24) is 0 Å². The van der Waals surface area contributed by atoms with Gasteiger partial charge in [0.05, 0.1) is 19.3 Å². The van der Waals surface area contributed by atoms with Crippen LogP contribution in [0.25, 0.3) is 21.7 Å². The van der Waals surface area contributed by atoms with Crippen LogP contribution in [-0.4, -0.2) is 25.6 Å². The van der Waals surface area contributed by atoms with E-state index in [1.807, 2.05) is 30.3 Å². The highest BCUT2D eigenvalue weighted by atomic mass is 16.5. The molecule has 0 saturated heterocycles. The molecule has 1 aromatic heterocycles. The minimum atomic E-state index is -0.635. The SMILES string of the molecule is CCOC(=O)c1oc2ccccc2c1NC(=O)c1cc2ccccc2cc1OC. The zero-order valence-corrected chi connectivity index (χ0v) is 16.0. The van der Waals surface area contributed by atoms with Gasteiger partial charge in [-0.1, -0.05) is 36.4 Å². The minimum Gasteiger partial charge on any atom is -0.496 e. The van der Waals surface area contributed by atoms with Crippen LogP contribution in [0.15, 0.2) is 65.1 Å². The molecule has 0 aliphatic rings. The molecule has 0 spiro atoms.